The molecule has 1 saturated heterocycles. The van der Waals surface area contributed by atoms with Crippen LogP contribution in [-0.4, -0.2) is 35.6 Å². The van der Waals surface area contributed by atoms with Crippen LogP contribution in [0.15, 0.2) is 22.6 Å². The van der Waals surface area contributed by atoms with Gasteiger partial charge in [0.1, 0.15) is 5.52 Å². The summed E-state index contributed by atoms with van der Waals surface area (Å²) in [7, 11) is 0. The van der Waals surface area contributed by atoms with E-state index in [-0.39, 0.29) is 0 Å². The highest BCUT2D eigenvalue weighted by molar-refractivity contribution is 5.78. The first kappa shape index (κ1) is 13.2. The lowest BCUT2D eigenvalue weighted by molar-refractivity contribution is 0.266. The number of nitrogens with two attached hydrogens (primary N) is 1. The Morgan fingerprint density at radius 1 is 1.50 bits per heavy atom. The fraction of sp³-hybridized carbons (Fsp3) is 0.533. The summed E-state index contributed by atoms with van der Waals surface area (Å²) in [5, 5.41) is 3.31. The lowest BCUT2D eigenvalue weighted by Crippen LogP contribution is -2.29. The molecule has 2 heterocycles. The van der Waals surface area contributed by atoms with Gasteiger partial charge in [-0.25, -0.2) is 0 Å². The minimum absolute atomic E-state index is 0.591. The highest BCUT2D eigenvalue weighted by atomic mass is 16.4. The van der Waals surface area contributed by atoms with E-state index in [1.165, 1.54) is 13.0 Å². The summed E-state index contributed by atoms with van der Waals surface area (Å²) in [5.74, 6) is 0.664. The monoisotopic (exact) mass is 274 g/mol. The number of fused-ring (bicyclic) bond motifs is 1. The van der Waals surface area contributed by atoms with E-state index >= 15 is 0 Å². The zero-order chi connectivity index (χ0) is 14.1. The van der Waals surface area contributed by atoms with Gasteiger partial charge in [0.05, 0.1) is 0 Å². The van der Waals surface area contributed by atoms with Crippen molar-refractivity contribution >= 4 is 22.8 Å². The van der Waals surface area contributed by atoms with Gasteiger partial charge in [-0.3, -0.25) is 0 Å². The number of nitrogens with one attached hydrogen (secondary N) is 1. The molecule has 2 aromatic rings. The van der Waals surface area contributed by atoms with E-state index in [9.17, 15) is 0 Å². The maximum atomic E-state index is 5.74. The number of nitrogen functional groups attached to an aromatic ring is 1. The number of benzene rings is 1. The van der Waals surface area contributed by atoms with E-state index in [1.807, 2.05) is 18.2 Å². The molecule has 0 saturated carbocycles. The average Bonchev–Trinajstić information content (AvgIpc) is 3.01. The minimum Gasteiger partial charge on any atom is -0.423 e. The van der Waals surface area contributed by atoms with Crippen molar-refractivity contribution in [2.45, 2.75) is 26.3 Å². The summed E-state index contributed by atoms with van der Waals surface area (Å²) in [4.78, 5) is 6.93. The average molecular weight is 274 g/mol. The summed E-state index contributed by atoms with van der Waals surface area (Å²) in [6, 6.07) is 6.76. The summed E-state index contributed by atoms with van der Waals surface area (Å²) < 4.78 is 5.67. The van der Waals surface area contributed by atoms with Crippen molar-refractivity contribution in [1.29, 1.82) is 0 Å². The summed E-state index contributed by atoms with van der Waals surface area (Å²) in [6.45, 7) is 7.75. The predicted molar refractivity (Wildman–Crippen MR) is 81.7 cm³/mol. The van der Waals surface area contributed by atoms with E-state index in [1.54, 1.807) is 0 Å². The first-order valence-electron chi connectivity index (χ1n) is 7.26. The predicted octanol–water partition coefficient (Wildman–Crippen LogP) is 2.55. The van der Waals surface area contributed by atoms with Crippen LogP contribution in [0.2, 0.25) is 0 Å². The lowest BCUT2D eigenvalue weighted by Gasteiger charge is -2.20. The van der Waals surface area contributed by atoms with Crippen LogP contribution in [0.5, 0.6) is 0 Å². The summed E-state index contributed by atoms with van der Waals surface area (Å²) >= 11 is 0. The molecule has 1 aromatic carbocycles. The van der Waals surface area contributed by atoms with Crippen LogP contribution in [0.4, 0.5) is 11.7 Å². The molecule has 1 aliphatic rings. The molecule has 1 fully saturated rings. The zero-order valence-electron chi connectivity index (χ0n) is 12.1. The standard InChI is InChI=1S/C15H22N4O/c1-10(2)19-6-5-11(9-19)8-17-15-18-13-4-3-12(16)7-14(13)20-15/h3-4,7,10-11H,5-6,8-9,16H2,1-2H3,(H,17,18). The van der Waals surface area contributed by atoms with Gasteiger partial charge in [-0.1, -0.05) is 0 Å². The number of nitrogens with zero attached hydrogens (tertiary/aromatic N) is 2. The summed E-state index contributed by atoms with van der Waals surface area (Å²) in [5.41, 5.74) is 8.02. The Balaban J connectivity index is 1.60. The molecular formula is C15H22N4O. The minimum atomic E-state index is 0.591. The number of rotatable bonds is 4. The van der Waals surface area contributed by atoms with Crippen molar-refractivity contribution < 1.29 is 4.42 Å². The maximum absolute atomic E-state index is 5.74. The third kappa shape index (κ3) is 2.72. The van der Waals surface area contributed by atoms with Gasteiger partial charge in [-0.2, -0.15) is 4.98 Å². The number of aromatic nitrogens is 1. The van der Waals surface area contributed by atoms with Crippen molar-refractivity contribution in [2.24, 2.45) is 5.92 Å². The van der Waals surface area contributed by atoms with Gasteiger partial charge in [-0.15, -0.1) is 0 Å². The van der Waals surface area contributed by atoms with Crippen LogP contribution in [0.3, 0.4) is 0 Å². The van der Waals surface area contributed by atoms with Gasteiger partial charge in [0.25, 0.3) is 6.01 Å². The van der Waals surface area contributed by atoms with Gasteiger partial charge in [0.15, 0.2) is 5.58 Å². The molecule has 0 bridgehead atoms. The first-order chi connectivity index (χ1) is 9.61. The molecular weight excluding hydrogens is 252 g/mol. The fourth-order valence-electron chi connectivity index (χ4n) is 2.75. The Kier molecular flexibility index (Phi) is 3.53. The van der Waals surface area contributed by atoms with Gasteiger partial charge < -0.3 is 20.4 Å². The van der Waals surface area contributed by atoms with Gasteiger partial charge >= 0.3 is 0 Å². The number of oxazole rings is 1. The zero-order valence-corrected chi connectivity index (χ0v) is 12.1. The smallest absolute Gasteiger partial charge is 0.295 e. The third-order valence-electron chi connectivity index (χ3n) is 4.00. The molecule has 1 aromatic heterocycles. The number of likely N-dealkylation sites (tertiary alicyclic amines) is 1. The Morgan fingerprint density at radius 2 is 2.35 bits per heavy atom. The third-order valence-corrected chi connectivity index (χ3v) is 4.00. The molecule has 1 atom stereocenters. The van der Waals surface area contributed by atoms with Gasteiger partial charge in [-0.05, 0) is 44.9 Å². The van der Waals surface area contributed by atoms with Crippen LogP contribution >= 0.6 is 0 Å². The molecule has 3 rings (SSSR count). The molecule has 1 unspecified atom stereocenters. The van der Waals surface area contributed by atoms with Crippen LogP contribution in [0.25, 0.3) is 11.1 Å². The van der Waals surface area contributed by atoms with E-state index in [4.69, 9.17) is 10.2 Å². The summed E-state index contributed by atoms with van der Waals surface area (Å²) in [6.07, 6.45) is 1.23. The SMILES string of the molecule is CC(C)N1CCC(CNc2nc3ccc(N)cc3o2)C1. The topological polar surface area (TPSA) is 67.3 Å². The maximum Gasteiger partial charge on any atom is 0.295 e. The van der Waals surface area contributed by atoms with Crippen molar-refractivity contribution in [3.05, 3.63) is 18.2 Å². The second-order valence-corrected chi connectivity index (χ2v) is 5.87. The highest BCUT2D eigenvalue weighted by Crippen LogP contribution is 2.23. The fourth-order valence-corrected chi connectivity index (χ4v) is 2.75. The molecule has 1 aliphatic heterocycles. The van der Waals surface area contributed by atoms with E-state index in [0.717, 1.165) is 24.2 Å². The Morgan fingerprint density at radius 3 is 3.10 bits per heavy atom. The van der Waals surface area contributed by atoms with Crippen molar-refractivity contribution in [3.8, 4) is 0 Å². The second kappa shape index (κ2) is 5.32. The quantitative estimate of drug-likeness (QED) is 0.839. The number of hydrogen-bond donors (Lipinski definition) is 2. The van der Waals surface area contributed by atoms with E-state index in [0.29, 0.717) is 23.7 Å². The molecule has 5 heteroatoms. The van der Waals surface area contributed by atoms with Crippen LogP contribution in [0.1, 0.15) is 20.3 Å². The molecule has 0 radical (unpaired) electrons. The van der Waals surface area contributed by atoms with Gasteiger partial charge in [0, 0.05) is 30.9 Å². The van der Waals surface area contributed by atoms with E-state index in [2.05, 4.69) is 29.0 Å². The van der Waals surface area contributed by atoms with Crippen molar-refractivity contribution in [2.75, 3.05) is 30.7 Å². The van der Waals surface area contributed by atoms with E-state index < -0.39 is 0 Å². The molecule has 20 heavy (non-hydrogen) atoms. The van der Waals surface area contributed by atoms with Crippen molar-refractivity contribution in [1.82, 2.24) is 9.88 Å². The number of anilines is 2. The van der Waals surface area contributed by atoms with Gasteiger partial charge in [0.2, 0.25) is 0 Å². The Labute approximate surface area is 119 Å². The van der Waals surface area contributed by atoms with Crippen molar-refractivity contribution in [3.63, 3.8) is 0 Å². The molecule has 0 aliphatic carbocycles. The van der Waals surface area contributed by atoms with Crippen LogP contribution in [0, 0.1) is 5.92 Å². The Bertz CT molecular complexity index is 593. The molecule has 3 N–H and O–H groups in total. The van der Waals surface area contributed by atoms with Crippen LogP contribution < -0.4 is 11.1 Å². The van der Waals surface area contributed by atoms with Crippen LogP contribution in [-0.2, 0) is 0 Å². The second-order valence-electron chi connectivity index (χ2n) is 5.87. The lowest BCUT2D eigenvalue weighted by atomic mass is 10.1. The molecule has 108 valence electrons. The Hall–Kier alpha value is -1.75. The normalized spacial score (nSPS) is 20.1. The highest BCUT2D eigenvalue weighted by Gasteiger charge is 2.24. The molecule has 5 nitrogen and oxygen atoms in total. The first-order valence-corrected chi connectivity index (χ1v) is 7.26. The number of hydrogen-bond acceptors (Lipinski definition) is 5. The largest absolute Gasteiger partial charge is 0.423 e. The molecule has 0 spiro atoms. The molecule has 0 amide bonds.